The summed E-state index contributed by atoms with van der Waals surface area (Å²) < 4.78 is 0. The van der Waals surface area contributed by atoms with Gasteiger partial charge < -0.3 is 10.4 Å². The number of aliphatic hydroxyl groups excluding tert-OH is 1. The first-order valence-electron chi connectivity index (χ1n) is 7.65. The van der Waals surface area contributed by atoms with Crippen molar-refractivity contribution in [2.75, 3.05) is 13.1 Å². The maximum atomic E-state index is 9.87. The minimum absolute atomic E-state index is 0.101. The van der Waals surface area contributed by atoms with Crippen LogP contribution in [0, 0.1) is 0 Å². The Morgan fingerprint density at radius 3 is 2.44 bits per heavy atom. The van der Waals surface area contributed by atoms with Crippen molar-refractivity contribution in [3.63, 3.8) is 0 Å². The Morgan fingerprint density at radius 1 is 1.06 bits per heavy atom. The van der Waals surface area contributed by atoms with Crippen LogP contribution in [-0.2, 0) is 0 Å². The van der Waals surface area contributed by atoms with Crippen molar-refractivity contribution in [2.45, 2.75) is 83.0 Å². The molecule has 1 saturated heterocycles. The van der Waals surface area contributed by atoms with E-state index in [-0.39, 0.29) is 11.6 Å². The average Bonchev–Trinajstić information content (AvgIpc) is 2.27. The predicted octanol–water partition coefficient (Wildman–Crippen LogP) is 2.14. The van der Waals surface area contributed by atoms with Gasteiger partial charge in [-0.2, -0.15) is 0 Å². The number of nitrogens with one attached hydrogen (secondary N) is 1. The van der Waals surface area contributed by atoms with Gasteiger partial charge in [-0.25, -0.2) is 0 Å². The molecule has 0 spiro atoms. The van der Waals surface area contributed by atoms with E-state index >= 15 is 0 Å². The SMILES string of the molecule is CC(C)(C)N[C@H]1CCCC[C@@H]1N1CCC[C@H](O)C1. The Labute approximate surface area is 112 Å². The zero-order chi connectivity index (χ0) is 13.2. The Bertz CT molecular complexity index is 262. The summed E-state index contributed by atoms with van der Waals surface area (Å²) in [4.78, 5) is 2.54. The molecule has 18 heavy (non-hydrogen) atoms. The third-order valence-corrected chi connectivity index (χ3v) is 4.24. The summed E-state index contributed by atoms with van der Waals surface area (Å²) in [6.07, 6.45) is 7.31. The van der Waals surface area contributed by atoms with Crippen LogP contribution in [-0.4, -0.2) is 46.8 Å². The number of hydrogen-bond acceptors (Lipinski definition) is 3. The van der Waals surface area contributed by atoms with Crippen LogP contribution < -0.4 is 5.32 Å². The van der Waals surface area contributed by atoms with Crippen molar-refractivity contribution in [3.05, 3.63) is 0 Å². The summed E-state index contributed by atoms with van der Waals surface area (Å²) in [5, 5.41) is 13.7. The van der Waals surface area contributed by atoms with Crippen molar-refractivity contribution >= 4 is 0 Å². The van der Waals surface area contributed by atoms with Gasteiger partial charge >= 0.3 is 0 Å². The van der Waals surface area contributed by atoms with Gasteiger partial charge in [0.15, 0.2) is 0 Å². The third kappa shape index (κ3) is 3.94. The van der Waals surface area contributed by atoms with Crippen LogP contribution in [0.3, 0.4) is 0 Å². The molecule has 1 aliphatic heterocycles. The van der Waals surface area contributed by atoms with Gasteiger partial charge in [-0.3, -0.25) is 4.90 Å². The second kappa shape index (κ2) is 5.89. The van der Waals surface area contributed by atoms with E-state index in [1.54, 1.807) is 0 Å². The van der Waals surface area contributed by atoms with E-state index in [0.717, 1.165) is 19.4 Å². The van der Waals surface area contributed by atoms with Gasteiger partial charge in [-0.1, -0.05) is 12.8 Å². The molecule has 3 nitrogen and oxygen atoms in total. The molecule has 0 amide bonds. The lowest BCUT2D eigenvalue weighted by molar-refractivity contribution is 0.0212. The highest BCUT2D eigenvalue weighted by atomic mass is 16.3. The molecule has 3 atom stereocenters. The number of piperidine rings is 1. The molecule has 0 unspecified atom stereocenters. The van der Waals surface area contributed by atoms with Crippen LogP contribution in [0.5, 0.6) is 0 Å². The van der Waals surface area contributed by atoms with Gasteiger partial charge in [0.2, 0.25) is 0 Å². The molecule has 0 radical (unpaired) electrons. The fourth-order valence-electron chi connectivity index (χ4n) is 3.56. The van der Waals surface area contributed by atoms with Gasteiger partial charge in [-0.15, -0.1) is 0 Å². The molecule has 2 rings (SSSR count). The molecule has 3 heteroatoms. The van der Waals surface area contributed by atoms with Gasteiger partial charge in [0.1, 0.15) is 0 Å². The molecule has 2 aliphatic rings. The summed E-state index contributed by atoms with van der Waals surface area (Å²) in [6, 6.07) is 1.23. The van der Waals surface area contributed by atoms with Gasteiger partial charge in [0.25, 0.3) is 0 Å². The molecule has 1 heterocycles. The summed E-state index contributed by atoms with van der Waals surface area (Å²) in [5.41, 5.74) is 0.189. The van der Waals surface area contributed by atoms with E-state index in [2.05, 4.69) is 31.0 Å². The Hall–Kier alpha value is -0.120. The molecule has 0 aromatic heterocycles. The first kappa shape index (κ1) is 14.3. The Balaban J connectivity index is 1.98. The van der Waals surface area contributed by atoms with Crippen LogP contribution >= 0.6 is 0 Å². The van der Waals surface area contributed by atoms with Crippen LogP contribution in [0.2, 0.25) is 0 Å². The Kier molecular flexibility index (Phi) is 4.68. The topological polar surface area (TPSA) is 35.5 Å². The predicted molar refractivity (Wildman–Crippen MR) is 75.7 cm³/mol. The smallest absolute Gasteiger partial charge is 0.0667 e. The number of aliphatic hydroxyl groups is 1. The van der Waals surface area contributed by atoms with Crippen molar-refractivity contribution in [1.29, 1.82) is 0 Å². The normalized spacial score (nSPS) is 35.7. The zero-order valence-corrected chi connectivity index (χ0v) is 12.3. The minimum Gasteiger partial charge on any atom is -0.392 e. The van der Waals surface area contributed by atoms with Gasteiger partial charge in [0.05, 0.1) is 6.10 Å². The van der Waals surface area contributed by atoms with E-state index in [1.165, 1.54) is 32.2 Å². The highest BCUT2D eigenvalue weighted by Gasteiger charge is 2.34. The summed E-state index contributed by atoms with van der Waals surface area (Å²) in [6.45, 7) is 8.81. The van der Waals surface area contributed by atoms with Crippen LogP contribution in [0.4, 0.5) is 0 Å². The summed E-state index contributed by atoms with van der Waals surface area (Å²) in [7, 11) is 0. The van der Waals surface area contributed by atoms with E-state index in [1.807, 2.05) is 0 Å². The second-order valence-electron chi connectivity index (χ2n) is 7.14. The highest BCUT2D eigenvalue weighted by molar-refractivity contribution is 4.93. The molecule has 1 saturated carbocycles. The maximum Gasteiger partial charge on any atom is 0.0667 e. The van der Waals surface area contributed by atoms with Gasteiger partial charge in [-0.05, 0) is 53.0 Å². The number of β-amino-alcohol motifs (C(OH)–C–C–N with tert-alkyl or cyclic N) is 1. The fraction of sp³-hybridized carbons (Fsp3) is 1.00. The summed E-state index contributed by atoms with van der Waals surface area (Å²) >= 11 is 0. The number of nitrogens with zero attached hydrogens (tertiary/aromatic N) is 1. The summed E-state index contributed by atoms with van der Waals surface area (Å²) in [5.74, 6) is 0. The largest absolute Gasteiger partial charge is 0.392 e. The minimum atomic E-state index is -0.101. The van der Waals surface area contributed by atoms with E-state index < -0.39 is 0 Å². The molecular weight excluding hydrogens is 224 g/mol. The molecule has 0 aromatic rings. The molecule has 2 N–H and O–H groups in total. The first-order chi connectivity index (χ1) is 8.46. The first-order valence-corrected chi connectivity index (χ1v) is 7.65. The average molecular weight is 254 g/mol. The maximum absolute atomic E-state index is 9.87. The Morgan fingerprint density at radius 2 is 1.78 bits per heavy atom. The fourth-order valence-corrected chi connectivity index (χ4v) is 3.56. The van der Waals surface area contributed by atoms with Crippen molar-refractivity contribution in [3.8, 4) is 0 Å². The monoisotopic (exact) mass is 254 g/mol. The van der Waals surface area contributed by atoms with Crippen LogP contribution in [0.1, 0.15) is 59.3 Å². The molecular formula is C15H30N2O. The zero-order valence-electron chi connectivity index (χ0n) is 12.3. The second-order valence-corrected chi connectivity index (χ2v) is 7.14. The molecule has 1 aliphatic carbocycles. The van der Waals surface area contributed by atoms with Crippen molar-refractivity contribution in [1.82, 2.24) is 10.2 Å². The van der Waals surface area contributed by atoms with E-state index in [9.17, 15) is 5.11 Å². The van der Waals surface area contributed by atoms with Crippen LogP contribution in [0.25, 0.3) is 0 Å². The third-order valence-electron chi connectivity index (χ3n) is 4.24. The lowest BCUT2D eigenvalue weighted by Gasteiger charge is -2.45. The molecule has 0 bridgehead atoms. The lowest BCUT2D eigenvalue weighted by atomic mass is 9.86. The van der Waals surface area contributed by atoms with Gasteiger partial charge in [0, 0.05) is 24.2 Å². The van der Waals surface area contributed by atoms with Crippen molar-refractivity contribution < 1.29 is 5.11 Å². The standard InChI is InChI=1S/C15H30N2O/c1-15(2,3)16-13-8-4-5-9-14(13)17-10-6-7-12(18)11-17/h12-14,16,18H,4-11H2,1-3H3/t12-,13-,14-/m0/s1. The lowest BCUT2D eigenvalue weighted by Crippen LogP contribution is -2.58. The quantitative estimate of drug-likeness (QED) is 0.792. The van der Waals surface area contributed by atoms with E-state index in [4.69, 9.17) is 0 Å². The molecule has 106 valence electrons. The van der Waals surface area contributed by atoms with Crippen molar-refractivity contribution in [2.24, 2.45) is 0 Å². The number of rotatable bonds is 2. The molecule has 0 aromatic carbocycles. The number of hydrogen-bond donors (Lipinski definition) is 2. The highest BCUT2D eigenvalue weighted by Crippen LogP contribution is 2.27. The number of likely N-dealkylation sites (tertiary alicyclic amines) is 1. The van der Waals surface area contributed by atoms with E-state index in [0.29, 0.717) is 12.1 Å². The van der Waals surface area contributed by atoms with Crippen LogP contribution in [0.15, 0.2) is 0 Å². The molecule has 2 fully saturated rings.